The van der Waals surface area contributed by atoms with Crippen LogP contribution in [0.3, 0.4) is 0 Å². The third kappa shape index (κ3) is 3.37. The number of hydrogen-bond donors (Lipinski definition) is 0. The molecule has 0 radical (unpaired) electrons. The standard InChI is InChI=1S/C20H18Cl2Si/c21-23(22)16-20(17-10-4-1-5-11-17,18-12-6-2-7-13-18)19-14-8-3-9-15-19/h1-15,23H,16H2. The van der Waals surface area contributed by atoms with E-state index in [-0.39, 0.29) is 5.41 Å². The Bertz CT molecular complexity index is 631. The molecular formula is C20H18Cl2Si. The van der Waals surface area contributed by atoms with Gasteiger partial charge >= 0.3 is 0 Å². The van der Waals surface area contributed by atoms with Crippen molar-refractivity contribution in [1.82, 2.24) is 0 Å². The Balaban J connectivity index is 2.30. The van der Waals surface area contributed by atoms with Crippen molar-refractivity contribution in [2.45, 2.75) is 11.5 Å². The molecule has 0 atom stereocenters. The maximum Gasteiger partial charge on any atom is 0.238 e. The number of halogens is 2. The van der Waals surface area contributed by atoms with Crippen LogP contribution >= 0.6 is 22.2 Å². The van der Waals surface area contributed by atoms with E-state index in [2.05, 4.69) is 72.8 Å². The fourth-order valence-corrected chi connectivity index (χ4v) is 5.81. The van der Waals surface area contributed by atoms with Crippen molar-refractivity contribution >= 4 is 29.6 Å². The van der Waals surface area contributed by atoms with E-state index in [1.54, 1.807) is 0 Å². The second-order valence-corrected chi connectivity index (χ2v) is 10.6. The van der Waals surface area contributed by atoms with Gasteiger partial charge in [-0.05, 0) is 22.7 Å². The van der Waals surface area contributed by atoms with Crippen LogP contribution in [-0.4, -0.2) is 7.42 Å². The number of benzene rings is 3. The number of hydrogen-bond acceptors (Lipinski definition) is 0. The summed E-state index contributed by atoms with van der Waals surface area (Å²) >= 11 is 12.8. The molecule has 0 amide bonds. The van der Waals surface area contributed by atoms with Gasteiger partial charge in [0.15, 0.2) is 0 Å². The first-order valence-corrected chi connectivity index (χ1v) is 12.0. The lowest BCUT2D eigenvalue weighted by Gasteiger charge is -2.36. The lowest BCUT2D eigenvalue weighted by atomic mass is 9.71. The van der Waals surface area contributed by atoms with Crippen LogP contribution in [0.5, 0.6) is 0 Å². The second kappa shape index (κ2) is 7.35. The first-order valence-electron chi connectivity index (χ1n) is 7.68. The Morgan fingerprint density at radius 1 is 0.565 bits per heavy atom. The second-order valence-electron chi connectivity index (χ2n) is 5.60. The van der Waals surface area contributed by atoms with Gasteiger partial charge in [0.2, 0.25) is 7.42 Å². The highest BCUT2D eigenvalue weighted by molar-refractivity contribution is 7.33. The van der Waals surface area contributed by atoms with Crippen LogP contribution < -0.4 is 0 Å². The minimum absolute atomic E-state index is 0.301. The Morgan fingerprint density at radius 3 is 1.13 bits per heavy atom. The molecule has 0 heterocycles. The predicted octanol–water partition coefficient (Wildman–Crippen LogP) is 5.72. The van der Waals surface area contributed by atoms with E-state index in [1.807, 2.05) is 18.2 Å². The normalized spacial score (nSPS) is 11.6. The van der Waals surface area contributed by atoms with Crippen molar-refractivity contribution in [3.05, 3.63) is 108 Å². The molecule has 0 fully saturated rings. The Kier molecular flexibility index (Phi) is 5.22. The lowest BCUT2D eigenvalue weighted by Crippen LogP contribution is -2.31. The van der Waals surface area contributed by atoms with Crippen LogP contribution in [0.25, 0.3) is 0 Å². The molecule has 0 saturated heterocycles. The molecule has 3 heteroatoms. The molecule has 3 aromatic carbocycles. The molecule has 0 nitrogen and oxygen atoms in total. The zero-order valence-corrected chi connectivity index (χ0v) is 15.4. The van der Waals surface area contributed by atoms with Crippen LogP contribution in [0.1, 0.15) is 16.7 Å². The van der Waals surface area contributed by atoms with Gasteiger partial charge in [0, 0.05) is 5.41 Å². The molecule has 116 valence electrons. The van der Waals surface area contributed by atoms with Crippen molar-refractivity contribution in [3.8, 4) is 0 Å². The fraction of sp³-hybridized carbons (Fsp3) is 0.100. The third-order valence-electron chi connectivity index (χ3n) is 4.26. The molecular weight excluding hydrogens is 339 g/mol. The summed E-state index contributed by atoms with van der Waals surface area (Å²) in [6.07, 6.45) is 0. The summed E-state index contributed by atoms with van der Waals surface area (Å²) in [5, 5.41) is 0. The zero-order chi connectivity index (χ0) is 16.1. The van der Waals surface area contributed by atoms with E-state index in [1.165, 1.54) is 16.7 Å². The van der Waals surface area contributed by atoms with E-state index in [0.717, 1.165) is 6.04 Å². The Morgan fingerprint density at radius 2 is 0.870 bits per heavy atom. The van der Waals surface area contributed by atoms with Gasteiger partial charge in [-0.15, -0.1) is 0 Å². The molecule has 0 saturated carbocycles. The molecule has 0 aliphatic rings. The summed E-state index contributed by atoms with van der Waals surface area (Å²) in [4.78, 5) is 0. The van der Waals surface area contributed by atoms with Gasteiger partial charge in [-0.3, -0.25) is 0 Å². The van der Waals surface area contributed by atoms with E-state index < -0.39 is 7.42 Å². The topological polar surface area (TPSA) is 0 Å². The molecule has 3 rings (SSSR count). The minimum Gasteiger partial charge on any atom is -0.150 e. The van der Waals surface area contributed by atoms with Crippen molar-refractivity contribution in [2.24, 2.45) is 0 Å². The van der Waals surface area contributed by atoms with Gasteiger partial charge in [-0.1, -0.05) is 91.0 Å². The first kappa shape index (κ1) is 16.3. The van der Waals surface area contributed by atoms with Crippen LogP contribution in [0.15, 0.2) is 91.0 Å². The van der Waals surface area contributed by atoms with Crippen molar-refractivity contribution < 1.29 is 0 Å². The van der Waals surface area contributed by atoms with Crippen LogP contribution in [0.2, 0.25) is 6.04 Å². The Hall–Kier alpha value is -1.54. The molecule has 3 aromatic rings. The largest absolute Gasteiger partial charge is 0.238 e. The predicted molar refractivity (Wildman–Crippen MR) is 103 cm³/mol. The van der Waals surface area contributed by atoms with Crippen LogP contribution in [0.4, 0.5) is 0 Å². The molecule has 0 N–H and O–H groups in total. The first-order chi connectivity index (χ1) is 11.2. The lowest BCUT2D eigenvalue weighted by molar-refractivity contribution is 0.689. The molecule has 0 unspecified atom stereocenters. The maximum atomic E-state index is 6.42. The average molecular weight is 357 g/mol. The quantitative estimate of drug-likeness (QED) is 0.311. The average Bonchev–Trinajstić information content (AvgIpc) is 2.62. The molecule has 0 aromatic heterocycles. The fourth-order valence-electron chi connectivity index (χ4n) is 3.25. The van der Waals surface area contributed by atoms with Gasteiger partial charge in [0.25, 0.3) is 0 Å². The number of rotatable bonds is 5. The van der Waals surface area contributed by atoms with Gasteiger partial charge in [-0.2, -0.15) is 22.2 Å². The smallest absolute Gasteiger partial charge is 0.150 e. The van der Waals surface area contributed by atoms with Crippen molar-refractivity contribution in [2.75, 3.05) is 0 Å². The van der Waals surface area contributed by atoms with E-state index in [0.29, 0.717) is 0 Å². The molecule has 0 aliphatic heterocycles. The van der Waals surface area contributed by atoms with Crippen LogP contribution in [-0.2, 0) is 5.41 Å². The highest BCUT2D eigenvalue weighted by Gasteiger charge is 2.38. The van der Waals surface area contributed by atoms with Crippen LogP contribution in [0, 0.1) is 0 Å². The highest BCUT2D eigenvalue weighted by Crippen LogP contribution is 2.44. The van der Waals surface area contributed by atoms with Gasteiger partial charge in [0.1, 0.15) is 0 Å². The third-order valence-corrected chi connectivity index (χ3v) is 6.11. The minimum atomic E-state index is -1.86. The SMILES string of the molecule is Cl[SiH](Cl)CC(c1ccccc1)(c1ccccc1)c1ccccc1. The van der Waals surface area contributed by atoms with E-state index >= 15 is 0 Å². The summed E-state index contributed by atoms with van der Waals surface area (Å²) in [5.41, 5.74) is 3.40. The summed E-state index contributed by atoms with van der Waals surface area (Å²) < 4.78 is 0. The molecule has 0 bridgehead atoms. The molecule has 0 spiro atoms. The molecule has 0 aliphatic carbocycles. The monoisotopic (exact) mass is 356 g/mol. The van der Waals surface area contributed by atoms with Gasteiger partial charge in [0.05, 0.1) is 0 Å². The van der Waals surface area contributed by atoms with Gasteiger partial charge < -0.3 is 0 Å². The zero-order valence-electron chi connectivity index (χ0n) is 12.7. The van der Waals surface area contributed by atoms with Crippen molar-refractivity contribution in [1.29, 1.82) is 0 Å². The Labute approximate surface area is 148 Å². The van der Waals surface area contributed by atoms with Gasteiger partial charge in [-0.25, -0.2) is 0 Å². The maximum absolute atomic E-state index is 6.42. The summed E-state index contributed by atoms with van der Waals surface area (Å²) in [5.74, 6) is 0. The van der Waals surface area contributed by atoms with E-state index in [9.17, 15) is 0 Å². The highest BCUT2D eigenvalue weighted by atomic mass is 35.7. The van der Waals surface area contributed by atoms with Crippen molar-refractivity contribution in [3.63, 3.8) is 0 Å². The summed E-state index contributed by atoms with van der Waals surface area (Å²) in [6, 6.07) is 32.4. The summed E-state index contributed by atoms with van der Waals surface area (Å²) in [7, 11) is -1.86. The molecule has 23 heavy (non-hydrogen) atoms. The van der Waals surface area contributed by atoms with E-state index in [4.69, 9.17) is 22.2 Å². The summed E-state index contributed by atoms with van der Waals surface area (Å²) in [6.45, 7) is 0.